The maximum atomic E-state index is 14.7. The third-order valence-corrected chi connectivity index (χ3v) is 3.52. The number of hydrogen-bond acceptors (Lipinski definition) is 1. The molecule has 0 saturated heterocycles. The Kier molecular flexibility index (Phi) is 3.80. The minimum atomic E-state index is -0.963. The van der Waals surface area contributed by atoms with Gasteiger partial charge in [-0.25, -0.2) is 4.39 Å². The van der Waals surface area contributed by atoms with E-state index in [1.807, 2.05) is 48.5 Å². The molecule has 0 spiro atoms. The second-order valence-electron chi connectivity index (χ2n) is 4.89. The monoisotopic (exact) mass is 278 g/mol. The first-order valence-electron chi connectivity index (χ1n) is 6.84. The molecule has 3 aromatic rings. The molecule has 3 rings (SSSR count). The molecule has 0 aromatic heterocycles. The Labute approximate surface area is 123 Å². The average Bonchev–Trinajstić information content (AvgIpc) is 2.56. The van der Waals surface area contributed by atoms with E-state index in [9.17, 15) is 9.50 Å². The van der Waals surface area contributed by atoms with Gasteiger partial charge in [-0.05, 0) is 11.1 Å². The van der Waals surface area contributed by atoms with Crippen molar-refractivity contribution in [2.45, 2.75) is 6.10 Å². The number of hydrogen-bond donors (Lipinski definition) is 1. The Morgan fingerprint density at radius 2 is 1.33 bits per heavy atom. The summed E-state index contributed by atoms with van der Waals surface area (Å²) in [5, 5.41) is 10.4. The summed E-state index contributed by atoms with van der Waals surface area (Å²) in [6, 6.07) is 23.6. The van der Waals surface area contributed by atoms with E-state index in [0.29, 0.717) is 16.7 Å². The minimum absolute atomic E-state index is 0.294. The van der Waals surface area contributed by atoms with E-state index in [-0.39, 0.29) is 5.82 Å². The largest absolute Gasteiger partial charge is 0.384 e. The quantitative estimate of drug-likeness (QED) is 0.743. The molecule has 1 atom stereocenters. The summed E-state index contributed by atoms with van der Waals surface area (Å²) in [4.78, 5) is 0. The molecule has 0 bridgehead atoms. The van der Waals surface area contributed by atoms with Gasteiger partial charge in [-0.3, -0.25) is 0 Å². The van der Waals surface area contributed by atoms with Gasteiger partial charge in [0.05, 0.1) is 0 Å². The van der Waals surface area contributed by atoms with Crippen LogP contribution in [0.3, 0.4) is 0 Å². The van der Waals surface area contributed by atoms with Gasteiger partial charge < -0.3 is 5.11 Å². The highest BCUT2D eigenvalue weighted by Crippen LogP contribution is 2.30. The lowest BCUT2D eigenvalue weighted by Gasteiger charge is -2.14. The van der Waals surface area contributed by atoms with Crippen LogP contribution in [0.25, 0.3) is 11.1 Å². The molecular formula is C19H15FO. The van der Waals surface area contributed by atoms with Crippen LogP contribution in [0.15, 0.2) is 78.9 Å². The Balaban J connectivity index is 2.05. The number of benzene rings is 3. The lowest BCUT2D eigenvalue weighted by Crippen LogP contribution is -2.03. The van der Waals surface area contributed by atoms with E-state index < -0.39 is 6.10 Å². The summed E-state index contributed by atoms with van der Waals surface area (Å²) in [5.41, 5.74) is 2.28. The molecular weight excluding hydrogens is 263 g/mol. The van der Waals surface area contributed by atoms with Crippen LogP contribution in [0.2, 0.25) is 0 Å². The van der Waals surface area contributed by atoms with E-state index >= 15 is 0 Å². The summed E-state index contributed by atoms with van der Waals surface area (Å²) < 4.78 is 14.7. The summed E-state index contributed by atoms with van der Waals surface area (Å²) >= 11 is 0. The zero-order valence-corrected chi connectivity index (χ0v) is 11.4. The molecule has 1 N–H and O–H groups in total. The smallest absolute Gasteiger partial charge is 0.137 e. The minimum Gasteiger partial charge on any atom is -0.384 e. The van der Waals surface area contributed by atoms with Crippen molar-refractivity contribution in [2.24, 2.45) is 0 Å². The molecule has 0 radical (unpaired) electrons. The fourth-order valence-corrected chi connectivity index (χ4v) is 2.42. The molecule has 21 heavy (non-hydrogen) atoms. The molecule has 0 heterocycles. The molecule has 0 aliphatic rings. The Hall–Kier alpha value is -2.45. The second-order valence-corrected chi connectivity index (χ2v) is 4.89. The van der Waals surface area contributed by atoms with Crippen molar-refractivity contribution < 1.29 is 9.50 Å². The van der Waals surface area contributed by atoms with Crippen LogP contribution in [0.1, 0.15) is 17.2 Å². The molecule has 3 aromatic carbocycles. The van der Waals surface area contributed by atoms with E-state index in [2.05, 4.69) is 0 Å². The van der Waals surface area contributed by atoms with Crippen LogP contribution in [0.5, 0.6) is 0 Å². The Morgan fingerprint density at radius 1 is 0.714 bits per heavy atom. The van der Waals surface area contributed by atoms with Crippen molar-refractivity contribution >= 4 is 0 Å². The SMILES string of the molecule is OC(c1ccccc1)c1cccc(-c2ccccc2)c1F. The highest BCUT2D eigenvalue weighted by Gasteiger charge is 2.17. The van der Waals surface area contributed by atoms with Gasteiger partial charge in [0.15, 0.2) is 0 Å². The summed E-state index contributed by atoms with van der Waals surface area (Å²) in [6.07, 6.45) is -0.963. The first-order valence-corrected chi connectivity index (χ1v) is 6.84. The highest BCUT2D eigenvalue weighted by molar-refractivity contribution is 5.65. The number of aliphatic hydroxyl groups is 1. The maximum Gasteiger partial charge on any atom is 0.137 e. The van der Waals surface area contributed by atoms with Crippen LogP contribution in [-0.4, -0.2) is 5.11 Å². The van der Waals surface area contributed by atoms with E-state index in [1.54, 1.807) is 30.3 Å². The number of rotatable bonds is 3. The standard InChI is InChI=1S/C19H15FO/c20-18-16(14-8-3-1-4-9-14)12-7-13-17(18)19(21)15-10-5-2-6-11-15/h1-13,19,21H. The molecule has 0 amide bonds. The number of aliphatic hydroxyl groups excluding tert-OH is 1. The highest BCUT2D eigenvalue weighted by atomic mass is 19.1. The molecule has 0 saturated carbocycles. The van der Waals surface area contributed by atoms with Crippen LogP contribution in [0, 0.1) is 5.82 Å². The molecule has 0 aliphatic carbocycles. The summed E-state index contributed by atoms with van der Waals surface area (Å²) in [6.45, 7) is 0. The van der Waals surface area contributed by atoms with E-state index in [0.717, 1.165) is 5.56 Å². The first kappa shape index (κ1) is 13.5. The van der Waals surface area contributed by atoms with Crippen molar-refractivity contribution in [3.8, 4) is 11.1 Å². The van der Waals surface area contributed by atoms with Gasteiger partial charge in [-0.1, -0.05) is 78.9 Å². The van der Waals surface area contributed by atoms with E-state index in [4.69, 9.17) is 0 Å². The number of halogens is 1. The normalized spacial score (nSPS) is 12.1. The van der Waals surface area contributed by atoms with Gasteiger partial charge >= 0.3 is 0 Å². The van der Waals surface area contributed by atoms with Crippen molar-refractivity contribution in [3.05, 3.63) is 95.8 Å². The third-order valence-electron chi connectivity index (χ3n) is 3.52. The fourth-order valence-electron chi connectivity index (χ4n) is 2.42. The average molecular weight is 278 g/mol. The topological polar surface area (TPSA) is 20.2 Å². The Bertz CT molecular complexity index is 723. The van der Waals surface area contributed by atoms with Crippen molar-refractivity contribution in [3.63, 3.8) is 0 Å². The molecule has 0 fully saturated rings. The lowest BCUT2D eigenvalue weighted by molar-refractivity contribution is 0.215. The lowest BCUT2D eigenvalue weighted by atomic mass is 9.96. The summed E-state index contributed by atoms with van der Waals surface area (Å²) in [5.74, 6) is -0.375. The first-order chi connectivity index (χ1) is 10.3. The molecule has 1 unspecified atom stereocenters. The molecule has 1 nitrogen and oxygen atoms in total. The Morgan fingerprint density at radius 3 is 2.00 bits per heavy atom. The molecule has 2 heteroatoms. The van der Waals surface area contributed by atoms with Crippen LogP contribution >= 0.6 is 0 Å². The van der Waals surface area contributed by atoms with Gasteiger partial charge in [0.1, 0.15) is 11.9 Å². The van der Waals surface area contributed by atoms with Crippen molar-refractivity contribution in [1.82, 2.24) is 0 Å². The summed E-state index contributed by atoms with van der Waals surface area (Å²) in [7, 11) is 0. The van der Waals surface area contributed by atoms with Crippen LogP contribution in [-0.2, 0) is 0 Å². The van der Waals surface area contributed by atoms with Gasteiger partial charge in [-0.15, -0.1) is 0 Å². The predicted octanol–water partition coefficient (Wildman–Crippen LogP) is 4.57. The van der Waals surface area contributed by atoms with Crippen LogP contribution < -0.4 is 0 Å². The van der Waals surface area contributed by atoms with Gasteiger partial charge in [0.25, 0.3) is 0 Å². The van der Waals surface area contributed by atoms with Crippen LogP contribution in [0.4, 0.5) is 4.39 Å². The second kappa shape index (κ2) is 5.90. The predicted molar refractivity (Wildman–Crippen MR) is 82.3 cm³/mol. The van der Waals surface area contributed by atoms with Crippen molar-refractivity contribution in [1.29, 1.82) is 0 Å². The van der Waals surface area contributed by atoms with Gasteiger partial charge in [0.2, 0.25) is 0 Å². The maximum absolute atomic E-state index is 14.7. The van der Waals surface area contributed by atoms with Gasteiger partial charge in [0, 0.05) is 11.1 Å². The van der Waals surface area contributed by atoms with E-state index in [1.165, 1.54) is 0 Å². The molecule has 104 valence electrons. The molecule has 0 aliphatic heterocycles. The van der Waals surface area contributed by atoms with Crippen molar-refractivity contribution in [2.75, 3.05) is 0 Å². The zero-order chi connectivity index (χ0) is 14.7. The third kappa shape index (κ3) is 2.71. The zero-order valence-electron chi connectivity index (χ0n) is 11.4. The fraction of sp³-hybridized carbons (Fsp3) is 0.0526. The van der Waals surface area contributed by atoms with Gasteiger partial charge in [-0.2, -0.15) is 0 Å².